The van der Waals surface area contributed by atoms with Crippen LogP contribution in [0.3, 0.4) is 0 Å². The van der Waals surface area contributed by atoms with Crippen molar-refractivity contribution in [2.45, 2.75) is 26.8 Å². The molecule has 4 heterocycles. The minimum absolute atomic E-state index is 0.0315. The minimum Gasteiger partial charge on any atom is -0.336 e. The number of rotatable bonds is 7. The molecule has 9 nitrogen and oxygen atoms in total. The predicted molar refractivity (Wildman–Crippen MR) is 142 cm³/mol. The molecule has 39 heavy (non-hydrogen) atoms. The number of aryl methyl sites for hydroxylation is 1. The molecule has 5 rings (SSSR count). The van der Waals surface area contributed by atoms with Gasteiger partial charge in [0.15, 0.2) is 11.6 Å². The smallest absolute Gasteiger partial charge is 0.255 e. The van der Waals surface area contributed by atoms with Crippen molar-refractivity contribution in [3.8, 4) is 11.3 Å². The van der Waals surface area contributed by atoms with Gasteiger partial charge in [0.25, 0.3) is 5.91 Å². The number of hydrogen-bond acceptors (Lipinski definition) is 7. The third-order valence-electron chi connectivity index (χ3n) is 6.77. The molecule has 1 amide bonds. The molecule has 3 aromatic heterocycles. The van der Waals surface area contributed by atoms with E-state index in [1.807, 2.05) is 23.3 Å². The van der Waals surface area contributed by atoms with Gasteiger partial charge in [0.1, 0.15) is 29.5 Å². The highest BCUT2D eigenvalue weighted by Gasteiger charge is 2.22. The van der Waals surface area contributed by atoms with Crippen molar-refractivity contribution in [2.75, 3.05) is 44.7 Å². The van der Waals surface area contributed by atoms with Gasteiger partial charge >= 0.3 is 0 Å². The van der Waals surface area contributed by atoms with Crippen molar-refractivity contribution in [2.24, 2.45) is 0 Å². The second kappa shape index (κ2) is 11.0. The van der Waals surface area contributed by atoms with Crippen LogP contribution in [0.4, 0.5) is 24.9 Å². The fourth-order valence-electron chi connectivity index (χ4n) is 4.87. The molecule has 1 aliphatic rings. The lowest BCUT2D eigenvalue weighted by atomic mass is 10.1. The monoisotopic (exact) mass is 538 g/mol. The number of pyridine rings is 1. The Bertz CT molecular complexity index is 1500. The Kier molecular flexibility index (Phi) is 7.47. The average Bonchev–Trinajstić information content (AvgIpc) is 3.27. The van der Waals surface area contributed by atoms with Gasteiger partial charge in [0.2, 0.25) is 5.95 Å². The Morgan fingerprint density at radius 2 is 1.79 bits per heavy atom. The van der Waals surface area contributed by atoms with Crippen molar-refractivity contribution >= 4 is 28.7 Å². The van der Waals surface area contributed by atoms with E-state index in [1.54, 1.807) is 30.0 Å². The van der Waals surface area contributed by atoms with E-state index in [0.717, 1.165) is 6.20 Å². The molecular formula is C27H29F3N8O. The number of amides is 1. The number of aromatic nitrogens is 5. The molecule has 1 aromatic carbocycles. The zero-order chi connectivity index (χ0) is 27.7. The normalized spacial score (nSPS) is 14.4. The molecule has 0 unspecified atom stereocenters. The lowest BCUT2D eigenvalue weighted by Crippen LogP contribution is -2.49. The number of nitrogens with zero attached hydrogens (tertiary/aromatic N) is 7. The molecule has 0 radical (unpaired) electrons. The fourth-order valence-corrected chi connectivity index (χ4v) is 4.87. The van der Waals surface area contributed by atoms with Crippen LogP contribution in [0, 0.1) is 18.6 Å². The summed E-state index contributed by atoms with van der Waals surface area (Å²) < 4.78 is 44.2. The SMILES string of the molecule is Cc1nc2c(F)cc(-c3nc(Nc4ccc(C(=O)N5CCN(CCF)CC5)cn4)ncc3F)cc2n1C(C)C. The van der Waals surface area contributed by atoms with Crippen LogP contribution in [-0.4, -0.2) is 79.6 Å². The molecule has 1 aliphatic heterocycles. The number of halogens is 3. The molecule has 1 N–H and O–H groups in total. The first-order chi connectivity index (χ1) is 18.7. The van der Waals surface area contributed by atoms with Crippen LogP contribution in [0.1, 0.15) is 36.1 Å². The Balaban J connectivity index is 1.34. The largest absolute Gasteiger partial charge is 0.336 e. The molecular weight excluding hydrogens is 509 g/mol. The van der Waals surface area contributed by atoms with Crippen molar-refractivity contribution in [1.82, 2.24) is 34.3 Å². The van der Waals surface area contributed by atoms with E-state index in [0.29, 0.717) is 55.4 Å². The number of alkyl halides is 1. The van der Waals surface area contributed by atoms with Crippen LogP contribution in [0.15, 0.2) is 36.7 Å². The van der Waals surface area contributed by atoms with E-state index in [1.165, 1.54) is 12.3 Å². The summed E-state index contributed by atoms with van der Waals surface area (Å²) in [6.45, 7) is 8.01. The third-order valence-corrected chi connectivity index (χ3v) is 6.77. The standard InChI is InChI=1S/C27H29F3N8O/c1-16(2)38-17(3)33-25-20(29)12-19(13-22(25)38)24-21(30)15-32-27(35-24)34-23-5-4-18(14-31-23)26(39)37-10-8-36(7-6-28)9-11-37/h4-5,12-16H,6-11H2,1-3H3,(H,31,32,34,35). The fraction of sp³-hybridized carbons (Fsp3) is 0.370. The summed E-state index contributed by atoms with van der Waals surface area (Å²) >= 11 is 0. The van der Waals surface area contributed by atoms with Crippen LogP contribution in [-0.2, 0) is 0 Å². The molecule has 1 fully saturated rings. The highest BCUT2D eigenvalue weighted by atomic mass is 19.1. The molecule has 0 saturated carbocycles. The number of fused-ring (bicyclic) bond motifs is 1. The Hall–Kier alpha value is -4.06. The van der Waals surface area contributed by atoms with Gasteiger partial charge in [-0.1, -0.05) is 0 Å². The van der Waals surface area contributed by atoms with Crippen molar-refractivity contribution in [3.05, 3.63) is 59.7 Å². The van der Waals surface area contributed by atoms with E-state index in [-0.39, 0.29) is 34.7 Å². The number of benzene rings is 1. The lowest BCUT2D eigenvalue weighted by Gasteiger charge is -2.34. The summed E-state index contributed by atoms with van der Waals surface area (Å²) in [5.41, 5.74) is 1.38. The van der Waals surface area contributed by atoms with Crippen LogP contribution >= 0.6 is 0 Å². The molecule has 204 valence electrons. The Labute approximate surface area is 223 Å². The zero-order valence-corrected chi connectivity index (χ0v) is 22.0. The highest BCUT2D eigenvalue weighted by molar-refractivity contribution is 5.94. The first kappa shape index (κ1) is 26.5. The van der Waals surface area contributed by atoms with Gasteiger partial charge in [-0.2, -0.15) is 0 Å². The summed E-state index contributed by atoms with van der Waals surface area (Å²) in [4.78, 5) is 33.4. The second-order valence-electron chi connectivity index (χ2n) is 9.72. The molecule has 0 bridgehead atoms. The van der Waals surface area contributed by atoms with Gasteiger partial charge in [-0.3, -0.25) is 9.69 Å². The van der Waals surface area contributed by atoms with E-state index < -0.39 is 18.3 Å². The summed E-state index contributed by atoms with van der Waals surface area (Å²) in [5, 5.41) is 2.91. The average molecular weight is 539 g/mol. The number of carbonyl (C=O) groups excluding carboxylic acids is 1. The quantitative estimate of drug-likeness (QED) is 0.370. The van der Waals surface area contributed by atoms with Gasteiger partial charge in [0.05, 0.1) is 17.3 Å². The molecule has 0 atom stereocenters. The minimum atomic E-state index is -0.702. The van der Waals surface area contributed by atoms with Gasteiger partial charge < -0.3 is 14.8 Å². The first-order valence-corrected chi connectivity index (χ1v) is 12.8. The lowest BCUT2D eigenvalue weighted by molar-refractivity contribution is 0.0630. The van der Waals surface area contributed by atoms with Crippen LogP contribution in [0.5, 0.6) is 0 Å². The Morgan fingerprint density at radius 1 is 1.03 bits per heavy atom. The summed E-state index contributed by atoms with van der Waals surface area (Å²) in [5.74, 6) is -0.338. The van der Waals surface area contributed by atoms with Gasteiger partial charge in [-0.05, 0) is 45.0 Å². The van der Waals surface area contributed by atoms with Gasteiger partial charge in [-0.25, -0.2) is 33.1 Å². The first-order valence-electron chi connectivity index (χ1n) is 12.8. The maximum Gasteiger partial charge on any atom is 0.255 e. The topological polar surface area (TPSA) is 92.1 Å². The van der Waals surface area contributed by atoms with Crippen LogP contribution < -0.4 is 5.32 Å². The predicted octanol–water partition coefficient (Wildman–Crippen LogP) is 4.53. The summed E-state index contributed by atoms with van der Waals surface area (Å²) in [7, 11) is 0. The molecule has 12 heteroatoms. The zero-order valence-electron chi connectivity index (χ0n) is 22.0. The number of hydrogen-bond donors (Lipinski definition) is 1. The van der Waals surface area contributed by atoms with Crippen LogP contribution in [0.25, 0.3) is 22.3 Å². The molecule has 0 aliphatic carbocycles. The van der Waals surface area contributed by atoms with Gasteiger partial charge in [-0.15, -0.1) is 0 Å². The number of nitrogens with one attached hydrogen (secondary N) is 1. The van der Waals surface area contributed by atoms with Crippen LogP contribution in [0.2, 0.25) is 0 Å². The van der Waals surface area contributed by atoms with Gasteiger partial charge in [0, 0.05) is 50.5 Å². The van der Waals surface area contributed by atoms with Crippen molar-refractivity contribution in [3.63, 3.8) is 0 Å². The number of anilines is 2. The molecule has 0 spiro atoms. The van der Waals surface area contributed by atoms with E-state index in [4.69, 9.17) is 0 Å². The Morgan fingerprint density at radius 3 is 2.46 bits per heavy atom. The van der Waals surface area contributed by atoms with E-state index >= 15 is 0 Å². The number of carbonyl (C=O) groups is 1. The maximum atomic E-state index is 14.9. The highest BCUT2D eigenvalue weighted by Crippen LogP contribution is 2.30. The van der Waals surface area contributed by atoms with E-state index in [2.05, 4.69) is 25.3 Å². The number of piperazine rings is 1. The van der Waals surface area contributed by atoms with Crippen molar-refractivity contribution < 1.29 is 18.0 Å². The van der Waals surface area contributed by atoms with E-state index in [9.17, 15) is 18.0 Å². The van der Waals surface area contributed by atoms with Crippen molar-refractivity contribution in [1.29, 1.82) is 0 Å². The summed E-state index contributed by atoms with van der Waals surface area (Å²) in [6.07, 6.45) is 2.46. The summed E-state index contributed by atoms with van der Waals surface area (Å²) in [6, 6.07) is 6.15. The number of imidazole rings is 1. The molecule has 1 saturated heterocycles. The maximum absolute atomic E-state index is 14.9. The molecule has 4 aromatic rings. The second-order valence-corrected chi connectivity index (χ2v) is 9.72. The third kappa shape index (κ3) is 5.42.